The van der Waals surface area contributed by atoms with Crippen LogP contribution in [0.4, 0.5) is 0 Å². The zero-order valence-corrected chi connectivity index (χ0v) is 9.36. The normalized spacial score (nSPS) is 12.5. The lowest BCUT2D eigenvalue weighted by Crippen LogP contribution is -2.28. The summed E-state index contributed by atoms with van der Waals surface area (Å²) in [5.74, 6) is 0.878. The second kappa shape index (κ2) is 5.73. The summed E-state index contributed by atoms with van der Waals surface area (Å²) in [6.07, 6.45) is 0.574. The molecule has 1 atom stereocenters. The quantitative estimate of drug-likeness (QED) is 0.770. The lowest BCUT2D eigenvalue weighted by Gasteiger charge is -2.14. The third kappa shape index (κ3) is 3.53. The Labute approximate surface area is 90.9 Å². The van der Waals surface area contributed by atoms with Crippen molar-refractivity contribution in [3.05, 3.63) is 29.3 Å². The van der Waals surface area contributed by atoms with Crippen LogP contribution in [0, 0.1) is 13.8 Å². The fourth-order valence-electron chi connectivity index (χ4n) is 1.33. The van der Waals surface area contributed by atoms with Gasteiger partial charge in [-0.3, -0.25) is 0 Å². The van der Waals surface area contributed by atoms with Crippen molar-refractivity contribution >= 4 is 0 Å². The molecule has 0 saturated carbocycles. The van der Waals surface area contributed by atoms with E-state index in [0.29, 0.717) is 13.0 Å². The summed E-state index contributed by atoms with van der Waals surface area (Å²) in [4.78, 5) is 0. The van der Waals surface area contributed by atoms with Crippen LogP contribution >= 0.6 is 0 Å². The summed E-state index contributed by atoms with van der Waals surface area (Å²) in [5.41, 5.74) is 8.09. The minimum Gasteiger partial charge on any atom is -0.492 e. The molecule has 15 heavy (non-hydrogen) atoms. The fraction of sp³-hybridized carbons (Fsp3) is 0.500. The van der Waals surface area contributed by atoms with Crippen molar-refractivity contribution in [1.82, 2.24) is 0 Å². The van der Waals surface area contributed by atoms with Gasteiger partial charge in [0, 0.05) is 12.6 Å². The molecule has 1 rings (SSSR count). The predicted octanol–water partition coefficient (Wildman–Crippen LogP) is 1.39. The van der Waals surface area contributed by atoms with Gasteiger partial charge in [0.05, 0.1) is 0 Å². The molecule has 3 heteroatoms. The number of hydrogen-bond donors (Lipinski definition) is 2. The van der Waals surface area contributed by atoms with E-state index in [9.17, 15) is 0 Å². The molecule has 3 N–H and O–H groups in total. The molecular formula is C12H19NO2. The minimum absolute atomic E-state index is 0.102. The first-order valence-corrected chi connectivity index (χ1v) is 5.20. The average molecular weight is 209 g/mol. The molecule has 0 heterocycles. The van der Waals surface area contributed by atoms with Gasteiger partial charge in [0.25, 0.3) is 0 Å². The van der Waals surface area contributed by atoms with Gasteiger partial charge >= 0.3 is 0 Å². The van der Waals surface area contributed by atoms with Gasteiger partial charge in [0.1, 0.15) is 12.4 Å². The molecule has 0 saturated heterocycles. The highest BCUT2D eigenvalue weighted by Crippen LogP contribution is 2.20. The highest BCUT2D eigenvalue weighted by molar-refractivity contribution is 5.38. The number of aliphatic hydroxyl groups excluding tert-OH is 1. The van der Waals surface area contributed by atoms with Gasteiger partial charge in [0.15, 0.2) is 0 Å². The van der Waals surface area contributed by atoms with E-state index in [1.54, 1.807) is 0 Å². The van der Waals surface area contributed by atoms with Gasteiger partial charge in [-0.2, -0.15) is 0 Å². The molecule has 0 radical (unpaired) electrons. The molecule has 0 aromatic heterocycles. The number of ether oxygens (including phenoxy) is 1. The van der Waals surface area contributed by atoms with E-state index in [1.807, 2.05) is 19.1 Å². The topological polar surface area (TPSA) is 55.5 Å². The summed E-state index contributed by atoms with van der Waals surface area (Å²) in [6.45, 7) is 4.64. The van der Waals surface area contributed by atoms with Crippen molar-refractivity contribution in [3.8, 4) is 5.75 Å². The molecule has 1 aromatic carbocycles. The first kappa shape index (κ1) is 12.0. The first-order chi connectivity index (χ1) is 7.15. The van der Waals surface area contributed by atoms with Crippen molar-refractivity contribution in [2.45, 2.75) is 26.3 Å². The van der Waals surface area contributed by atoms with E-state index in [4.69, 9.17) is 15.6 Å². The van der Waals surface area contributed by atoms with Crippen molar-refractivity contribution in [3.63, 3.8) is 0 Å². The third-order valence-corrected chi connectivity index (χ3v) is 2.51. The third-order valence-electron chi connectivity index (χ3n) is 2.51. The van der Waals surface area contributed by atoms with Crippen LogP contribution in [0.3, 0.4) is 0 Å². The Morgan fingerprint density at radius 3 is 2.80 bits per heavy atom. The fourth-order valence-corrected chi connectivity index (χ4v) is 1.33. The zero-order valence-electron chi connectivity index (χ0n) is 9.36. The molecule has 0 amide bonds. The van der Waals surface area contributed by atoms with Crippen LogP contribution in [0.25, 0.3) is 0 Å². The van der Waals surface area contributed by atoms with E-state index in [-0.39, 0.29) is 12.6 Å². The van der Waals surface area contributed by atoms with E-state index in [0.717, 1.165) is 11.3 Å². The summed E-state index contributed by atoms with van der Waals surface area (Å²) < 4.78 is 5.60. The standard InChI is InChI=1S/C12H19NO2/c1-9-4-3-5-12(10(9)2)15-8-11(13)6-7-14/h3-5,11,14H,6-8,13H2,1-2H3. The molecule has 0 bridgehead atoms. The van der Waals surface area contributed by atoms with Gasteiger partial charge in [-0.25, -0.2) is 0 Å². The number of rotatable bonds is 5. The smallest absolute Gasteiger partial charge is 0.122 e. The molecule has 0 fully saturated rings. The Morgan fingerprint density at radius 2 is 2.13 bits per heavy atom. The van der Waals surface area contributed by atoms with Gasteiger partial charge in [0.2, 0.25) is 0 Å². The molecule has 0 aliphatic carbocycles. The summed E-state index contributed by atoms with van der Waals surface area (Å²) in [6, 6.07) is 5.86. The molecule has 0 aliphatic heterocycles. The van der Waals surface area contributed by atoms with Crippen LogP contribution in [0.5, 0.6) is 5.75 Å². The second-order valence-corrected chi connectivity index (χ2v) is 3.78. The van der Waals surface area contributed by atoms with E-state index in [1.165, 1.54) is 5.56 Å². The number of aryl methyl sites for hydroxylation is 1. The SMILES string of the molecule is Cc1cccc(OCC(N)CCO)c1C. The highest BCUT2D eigenvalue weighted by atomic mass is 16.5. The maximum atomic E-state index is 8.70. The average Bonchev–Trinajstić information content (AvgIpc) is 2.21. The summed E-state index contributed by atoms with van der Waals surface area (Å²) in [7, 11) is 0. The monoisotopic (exact) mass is 209 g/mol. The Kier molecular flexibility index (Phi) is 4.59. The molecule has 0 aliphatic rings. The van der Waals surface area contributed by atoms with Crippen molar-refractivity contribution < 1.29 is 9.84 Å². The number of hydrogen-bond acceptors (Lipinski definition) is 3. The largest absolute Gasteiger partial charge is 0.492 e. The van der Waals surface area contributed by atoms with Crippen LogP contribution in [-0.2, 0) is 0 Å². The van der Waals surface area contributed by atoms with Gasteiger partial charge in [-0.15, -0.1) is 0 Å². The zero-order chi connectivity index (χ0) is 11.3. The molecule has 84 valence electrons. The number of benzene rings is 1. The van der Waals surface area contributed by atoms with Gasteiger partial charge < -0.3 is 15.6 Å². The number of nitrogens with two attached hydrogens (primary N) is 1. The van der Waals surface area contributed by atoms with Crippen LogP contribution in [0.2, 0.25) is 0 Å². The highest BCUT2D eigenvalue weighted by Gasteiger charge is 2.05. The Morgan fingerprint density at radius 1 is 1.40 bits per heavy atom. The first-order valence-electron chi connectivity index (χ1n) is 5.20. The van der Waals surface area contributed by atoms with E-state index >= 15 is 0 Å². The van der Waals surface area contributed by atoms with Gasteiger partial charge in [-0.05, 0) is 37.5 Å². The Bertz CT molecular complexity index is 312. The van der Waals surface area contributed by atoms with Gasteiger partial charge in [-0.1, -0.05) is 12.1 Å². The van der Waals surface area contributed by atoms with Crippen LogP contribution < -0.4 is 10.5 Å². The maximum absolute atomic E-state index is 8.70. The summed E-state index contributed by atoms with van der Waals surface area (Å²) in [5, 5.41) is 8.70. The minimum atomic E-state index is -0.102. The van der Waals surface area contributed by atoms with E-state index in [2.05, 4.69) is 13.0 Å². The van der Waals surface area contributed by atoms with E-state index < -0.39 is 0 Å². The molecular weight excluding hydrogens is 190 g/mol. The molecule has 1 aromatic rings. The van der Waals surface area contributed by atoms with Crippen LogP contribution in [0.1, 0.15) is 17.5 Å². The van der Waals surface area contributed by atoms with Crippen molar-refractivity contribution in [2.75, 3.05) is 13.2 Å². The Balaban J connectivity index is 2.54. The number of aliphatic hydroxyl groups is 1. The molecule has 3 nitrogen and oxygen atoms in total. The Hall–Kier alpha value is -1.06. The second-order valence-electron chi connectivity index (χ2n) is 3.78. The molecule has 1 unspecified atom stereocenters. The van der Waals surface area contributed by atoms with Crippen LogP contribution in [0.15, 0.2) is 18.2 Å². The molecule has 0 spiro atoms. The summed E-state index contributed by atoms with van der Waals surface area (Å²) >= 11 is 0. The lowest BCUT2D eigenvalue weighted by molar-refractivity contribution is 0.233. The van der Waals surface area contributed by atoms with Crippen molar-refractivity contribution in [1.29, 1.82) is 0 Å². The van der Waals surface area contributed by atoms with Crippen molar-refractivity contribution in [2.24, 2.45) is 5.73 Å². The maximum Gasteiger partial charge on any atom is 0.122 e. The van der Waals surface area contributed by atoms with Crippen LogP contribution in [-0.4, -0.2) is 24.4 Å². The lowest BCUT2D eigenvalue weighted by atomic mass is 10.1. The predicted molar refractivity (Wildman–Crippen MR) is 61.1 cm³/mol.